The van der Waals surface area contributed by atoms with Gasteiger partial charge in [-0.2, -0.15) is 0 Å². The van der Waals surface area contributed by atoms with Gasteiger partial charge in [-0.25, -0.2) is 13.9 Å². The fourth-order valence-corrected chi connectivity index (χ4v) is 3.72. The summed E-state index contributed by atoms with van der Waals surface area (Å²) in [6, 6.07) is 15.6. The third kappa shape index (κ3) is 5.76. The Hall–Kier alpha value is -2.48. The average molecular weight is 418 g/mol. The van der Waals surface area contributed by atoms with Gasteiger partial charge >= 0.3 is 0 Å². The largest absolute Gasteiger partial charge is 0.389 e. The fourth-order valence-electron chi connectivity index (χ4n) is 2.87. The third-order valence-corrected chi connectivity index (χ3v) is 7.08. The molecule has 2 unspecified atom stereocenters. The van der Waals surface area contributed by atoms with E-state index in [0.29, 0.717) is 6.42 Å². The summed E-state index contributed by atoms with van der Waals surface area (Å²) in [4.78, 5) is 11.9. The number of carbonyl (C=O) groups is 1. The molecule has 0 saturated heterocycles. The Bertz CT molecular complexity index is 963. The zero-order valence-corrected chi connectivity index (χ0v) is 17.6. The van der Waals surface area contributed by atoms with Crippen LogP contribution in [0, 0.1) is 0 Å². The number of hydroxylamine groups is 1. The van der Waals surface area contributed by atoms with Crippen molar-refractivity contribution in [1.82, 2.24) is 5.48 Å². The molecule has 2 aromatic rings. The van der Waals surface area contributed by atoms with Crippen LogP contribution >= 0.6 is 0 Å². The highest BCUT2D eigenvalue weighted by molar-refractivity contribution is 7.92. The standard InChI is InChI=1S/C22H27NO5S/c1-16(24)4-5-17-6-10-19(11-7-17)20-12-8-18(9-13-20)14-15-22(2,21(25)23-26)29(3,27)28/h4-13,16,24,26H,14-15H2,1-3H3,(H,23,25). The van der Waals surface area contributed by atoms with Gasteiger partial charge in [0, 0.05) is 6.26 Å². The second kappa shape index (κ2) is 9.35. The SMILES string of the molecule is CC(O)C=Cc1ccc(-c2ccc(CCC(C)(C(=O)NO)S(C)(=O)=O)cc2)cc1. The first-order chi connectivity index (χ1) is 13.6. The normalized spacial score (nSPS) is 15.1. The lowest BCUT2D eigenvalue weighted by Gasteiger charge is -2.25. The Morgan fingerprint density at radius 1 is 1.10 bits per heavy atom. The Balaban J connectivity index is 2.11. The molecule has 1 amide bonds. The second-order valence-corrected chi connectivity index (χ2v) is 9.81. The molecule has 2 aromatic carbocycles. The molecule has 0 spiro atoms. The lowest BCUT2D eigenvalue weighted by atomic mass is 9.97. The average Bonchev–Trinajstić information content (AvgIpc) is 2.69. The molecule has 6 nitrogen and oxygen atoms in total. The van der Waals surface area contributed by atoms with Crippen molar-refractivity contribution < 1.29 is 23.5 Å². The summed E-state index contributed by atoms with van der Waals surface area (Å²) >= 11 is 0. The number of rotatable bonds is 8. The van der Waals surface area contributed by atoms with Crippen LogP contribution in [0.2, 0.25) is 0 Å². The molecule has 0 bridgehead atoms. The number of aryl methyl sites for hydroxylation is 1. The molecule has 0 aliphatic rings. The smallest absolute Gasteiger partial charge is 0.264 e. The summed E-state index contributed by atoms with van der Waals surface area (Å²) in [5.41, 5.74) is 5.40. The minimum absolute atomic E-state index is 0.0574. The van der Waals surface area contributed by atoms with E-state index >= 15 is 0 Å². The quantitative estimate of drug-likeness (QED) is 0.453. The van der Waals surface area contributed by atoms with Gasteiger partial charge < -0.3 is 5.11 Å². The van der Waals surface area contributed by atoms with Crippen molar-refractivity contribution in [2.45, 2.75) is 37.5 Å². The Labute approximate surface area is 171 Å². The number of nitrogens with one attached hydrogen (secondary N) is 1. The van der Waals surface area contributed by atoms with Crippen molar-refractivity contribution >= 4 is 21.8 Å². The Kier molecular flexibility index (Phi) is 7.35. The van der Waals surface area contributed by atoms with E-state index in [1.54, 1.807) is 13.0 Å². The van der Waals surface area contributed by atoms with E-state index in [9.17, 15) is 18.3 Å². The summed E-state index contributed by atoms with van der Waals surface area (Å²) in [5, 5.41) is 18.2. The molecule has 0 radical (unpaired) electrons. The van der Waals surface area contributed by atoms with Crippen LogP contribution < -0.4 is 5.48 Å². The van der Waals surface area contributed by atoms with Crippen molar-refractivity contribution in [3.05, 3.63) is 65.7 Å². The molecule has 3 N–H and O–H groups in total. The van der Waals surface area contributed by atoms with Gasteiger partial charge in [-0.05, 0) is 48.9 Å². The van der Waals surface area contributed by atoms with E-state index in [1.165, 1.54) is 12.4 Å². The molecule has 2 atom stereocenters. The number of hydrogen-bond donors (Lipinski definition) is 3. The maximum atomic E-state index is 12.0. The second-order valence-electron chi connectivity index (χ2n) is 7.36. The molecule has 0 aliphatic heterocycles. The molecular weight excluding hydrogens is 390 g/mol. The number of aliphatic hydroxyl groups is 1. The first kappa shape index (κ1) is 22.8. The number of benzene rings is 2. The van der Waals surface area contributed by atoms with Crippen LogP contribution in [0.5, 0.6) is 0 Å². The predicted octanol–water partition coefficient (Wildman–Crippen LogP) is 2.99. The van der Waals surface area contributed by atoms with E-state index in [-0.39, 0.29) is 6.42 Å². The molecule has 156 valence electrons. The van der Waals surface area contributed by atoms with Crippen LogP contribution in [0.15, 0.2) is 54.6 Å². The van der Waals surface area contributed by atoms with E-state index in [0.717, 1.165) is 28.5 Å². The highest BCUT2D eigenvalue weighted by Gasteiger charge is 2.43. The van der Waals surface area contributed by atoms with Gasteiger partial charge in [0.15, 0.2) is 9.84 Å². The summed E-state index contributed by atoms with van der Waals surface area (Å²) in [6.45, 7) is 3.01. The van der Waals surface area contributed by atoms with E-state index in [4.69, 9.17) is 5.21 Å². The number of sulfone groups is 1. The molecule has 2 rings (SSSR count). The molecule has 0 fully saturated rings. The predicted molar refractivity (Wildman–Crippen MR) is 114 cm³/mol. The van der Waals surface area contributed by atoms with Crippen LogP contribution in [-0.2, 0) is 21.1 Å². The molecular formula is C22H27NO5S. The number of hydrogen-bond acceptors (Lipinski definition) is 5. The van der Waals surface area contributed by atoms with Crippen LogP contribution in [0.4, 0.5) is 0 Å². The lowest BCUT2D eigenvalue weighted by molar-refractivity contribution is -0.131. The number of carbonyl (C=O) groups excluding carboxylic acids is 1. The van der Waals surface area contributed by atoms with Crippen molar-refractivity contribution in [1.29, 1.82) is 0 Å². The fraction of sp³-hybridized carbons (Fsp3) is 0.318. The van der Waals surface area contributed by atoms with Crippen molar-refractivity contribution in [2.75, 3.05) is 6.26 Å². The first-order valence-electron chi connectivity index (χ1n) is 9.26. The first-order valence-corrected chi connectivity index (χ1v) is 11.2. The minimum Gasteiger partial charge on any atom is -0.389 e. The van der Waals surface area contributed by atoms with Crippen molar-refractivity contribution in [3.63, 3.8) is 0 Å². The van der Waals surface area contributed by atoms with Gasteiger partial charge in [0.2, 0.25) is 0 Å². The topological polar surface area (TPSA) is 104 Å². The minimum atomic E-state index is -3.70. The Morgan fingerprint density at radius 3 is 2.07 bits per heavy atom. The van der Waals surface area contributed by atoms with Gasteiger partial charge in [-0.15, -0.1) is 0 Å². The summed E-state index contributed by atoms with van der Waals surface area (Å²) in [5.74, 6) is -0.929. The number of amides is 1. The molecule has 7 heteroatoms. The number of aliphatic hydroxyl groups excluding tert-OH is 1. The monoisotopic (exact) mass is 417 g/mol. The summed E-state index contributed by atoms with van der Waals surface area (Å²) in [7, 11) is -3.70. The van der Waals surface area contributed by atoms with E-state index < -0.39 is 26.6 Å². The van der Waals surface area contributed by atoms with E-state index in [2.05, 4.69) is 0 Å². The van der Waals surface area contributed by atoms with Crippen molar-refractivity contribution in [3.8, 4) is 11.1 Å². The van der Waals surface area contributed by atoms with Crippen molar-refractivity contribution in [2.24, 2.45) is 0 Å². The zero-order valence-electron chi connectivity index (χ0n) is 16.8. The maximum Gasteiger partial charge on any atom is 0.264 e. The molecule has 0 saturated carbocycles. The van der Waals surface area contributed by atoms with Crippen LogP contribution in [0.1, 0.15) is 31.4 Å². The van der Waals surface area contributed by atoms with Crippen LogP contribution in [0.3, 0.4) is 0 Å². The molecule has 0 aliphatic carbocycles. The third-order valence-electron chi connectivity index (χ3n) is 5.06. The van der Waals surface area contributed by atoms with Gasteiger partial charge in [-0.3, -0.25) is 10.0 Å². The summed E-state index contributed by atoms with van der Waals surface area (Å²) < 4.78 is 22.4. The lowest BCUT2D eigenvalue weighted by Crippen LogP contribution is -2.49. The van der Waals surface area contributed by atoms with E-state index in [1.807, 2.05) is 54.6 Å². The van der Waals surface area contributed by atoms with Gasteiger partial charge in [0.1, 0.15) is 4.75 Å². The highest BCUT2D eigenvalue weighted by Crippen LogP contribution is 2.25. The van der Waals surface area contributed by atoms with Crippen LogP contribution in [-0.4, -0.2) is 41.7 Å². The van der Waals surface area contributed by atoms with Crippen LogP contribution in [0.25, 0.3) is 17.2 Å². The molecule has 0 aromatic heterocycles. The molecule has 0 heterocycles. The summed E-state index contributed by atoms with van der Waals surface area (Å²) in [6.07, 6.45) is 4.51. The molecule has 29 heavy (non-hydrogen) atoms. The van der Waals surface area contributed by atoms with Gasteiger partial charge in [-0.1, -0.05) is 60.7 Å². The highest BCUT2D eigenvalue weighted by atomic mass is 32.2. The Morgan fingerprint density at radius 2 is 1.62 bits per heavy atom. The maximum absolute atomic E-state index is 12.0. The van der Waals surface area contributed by atoms with Gasteiger partial charge in [0.05, 0.1) is 6.10 Å². The zero-order chi connectivity index (χ0) is 21.7. The van der Waals surface area contributed by atoms with Gasteiger partial charge in [0.25, 0.3) is 5.91 Å².